The molecule has 7 nitrogen and oxygen atoms in total. The number of benzene rings is 1. The molecular formula is C22H28N4O3. The van der Waals surface area contributed by atoms with Crippen molar-refractivity contribution in [2.45, 2.75) is 37.6 Å². The molecular weight excluding hydrogens is 368 g/mol. The molecule has 1 amide bonds. The fourth-order valence-corrected chi connectivity index (χ4v) is 5.04. The monoisotopic (exact) mass is 396 g/mol. The lowest BCUT2D eigenvalue weighted by atomic mass is 9.85. The number of nitrogens with zero attached hydrogens (tertiary/aromatic N) is 4. The van der Waals surface area contributed by atoms with E-state index in [1.807, 2.05) is 6.07 Å². The van der Waals surface area contributed by atoms with E-state index in [1.165, 1.54) is 12.0 Å². The zero-order chi connectivity index (χ0) is 19.8. The predicted octanol–water partition coefficient (Wildman–Crippen LogP) is 3.01. The van der Waals surface area contributed by atoms with Crippen LogP contribution in [-0.2, 0) is 9.53 Å². The molecule has 7 heteroatoms. The first kappa shape index (κ1) is 18.6. The Bertz CT molecular complexity index is 851. The van der Waals surface area contributed by atoms with Crippen molar-refractivity contribution in [3.63, 3.8) is 0 Å². The van der Waals surface area contributed by atoms with E-state index in [-0.39, 0.29) is 11.9 Å². The van der Waals surface area contributed by atoms with Gasteiger partial charge in [0.05, 0.1) is 19.1 Å². The van der Waals surface area contributed by atoms with Crippen LogP contribution in [0.1, 0.15) is 49.1 Å². The van der Waals surface area contributed by atoms with E-state index in [2.05, 4.69) is 44.3 Å². The number of fused-ring (bicyclic) bond motifs is 1. The number of anilines is 1. The molecule has 0 unspecified atom stereocenters. The molecule has 2 saturated heterocycles. The molecule has 3 atom stereocenters. The number of hydrogen-bond donors (Lipinski definition) is 0. The predicted molar refractivity (Wildman–Crippen MR) is 107 cm³/mol. The van der Waals surface area contributed by atoms with Crippen LogP contribution in [0.4, 0.5) is 6.01 Å². The van der Waals surface area contributed by atoms with Crippen LogP contribution in [0.3, 0.4) is 0 Å². The summed E-state index contributed by atoms with van der Waals surface area (Å²) < 4.78 is 11.1. The van der Waals surface area contributed by atoms with E-state index in [9.17, 15) is 4.79 Å². The third-order valence-electron chi connectivity index (χ3n) is 6.80. The van der Waals surface area contributed by atoms with Gasteiger partial charge in [-0.05, 0) is 18.4 Å². The molecule has 0 radical (unpaired) electrons. The molecule has 3 aliphatic rings. The Morgan fingerprint density at radius 1 is 1.17 bits per heavy atom. The van der Waals surface area contributed by atoms with Gasteiger partial charge in [-0.25, -0.2) is 0 Å². The van der Waals surface area contributed by atoms with Crippen molar-refractivity contribution in [2.75, 3.05) is 38.3 Å². The minimum absolute atomic E-state index is 0.0876. The maximum atomic E-state index is 12.9. The largest absolute Gasteiger partial charge is 0.408 e. The van der Waals surface area contributed by atoms with E-state index in [0.717, 1.165) is 38.4 Å². The van der Waals surface area contributed by atoms with Gasteiger partial charge >= 0.3 is 6.01 Å². The summed E-state index contributed by atoms with van der Waals surface area (Å²) in [5.41, 5.74) is 1.20. The van der Waals surface area contributed by atoms with Crippen LogP contribution < -0.4 is 4.90 Å². The zero-order valence-corrected chi connectivity index (χ0v) is 16.9. The number of amides is 1. The molecule has 2 aliphatic heterocycles. The number of rotatable bonds is 6. The van der Waals surface area contributed by atoms with Crippen LogP contribution in [0.2, 0.25) is 0 Å². The Labute approximate surface area is 171 Å². The summed E-state index contributed by atoms with van der Waals surface area (Å²) in [7, 11) is 1.64. The normalized spacial score (nSPS) is 26.6. The average molecular weight is 396 g/mol. The molecule has 3 fully saturated rings. The molecule has 0 bridgehead atoms. The highest BCUT2D eigenvalue weighted by Crippen LogP contribution is 2.46. The van der Waals surface area contributed by atoms with Gasteiger partial charge in [0.15, 0.2) is 0 Å². The first-order valence-electron chi connectivity index (χ1n) is 10.7. The number of carbonyl (C=O) groups is 1. The lowest BCUT2D eigenvalue weighted by Crippen LogP contribution is -2.36. The summed E-state index contributed by atoms with van der Waals surface area (Å²) in [5.74, 6) is 2.18. The molecule has 1 aromatic heterocycles. The van der Waals surface area contributed by atoms with Crippen molar-refractivity contribution in [3.05, 3.63) is 41.8 Å². The first-order chi connectivity index (χ1) is 14.2. The third-order valence-corrected chi connectivity index (χ3v) is 6.80. The van der Waals surface area contributed by atoms with Crippen LogP contribution in [0.25, 0.3) is 0 Å². The van der Waals surface area contributed by atoms with Crippen LogP contribution in [-0.4, -0.2) is 54.4 Å². The van der Waals surface area contributed by atoms with E-state index in [0.29, 0.717) is 36.8 Å². The standard InChI is InChI=1S/C22H28N4O3/c1-28-11-10-19(27)26-13-17-12-25(22-24-23-21(29-22)16-8-5-9-16)14-18(17)20(26)15-6-3-2-4-7-15/h2-4,6-7,16-18,20H,5,8-14H2,1H3/t17-,18-,20-/m0/s1. The van der Waals surface area contributed by atoms with Gasteiger partial charge in [0.25, 0.3) is 0 Å². The van der Waals surface area contributed by atoms with Gasteiger partial charge in [0.2, 0.25) is 11.8 Å². The van der Waals surface area contributed by atoms with Crippen molar-refractivity contribution in [1.82, 2.24) is 15.1 Å². The van der Waals surface area contributed by atoms with Crippen LogP contribution >= 0.6 is 0 Å². The Hall–Kier alpha value is -2.41. The molecule has 0 spiro atoms. The summed E-state index contributed by atoms with van der Waals surface area (Å²) in [6, 6.07) is 11.1. The fraction of sp³-hybridized carbons (Fsp3) is 0.591. The highest BCUT2D eigenvalue weighted by Gasteiger charge is 2.49. The molecule has 2 aromatic rings. The summed E-state index contributed by atoms with van der Waals surface area (Å²) in [6.07, 6.45) is 3.99. The highest BCUT2D eigenvalue weighted by atomic mass is 16.5. The lowest BCUT2D eigenvalue weighted by molar-refractivity contribution is -0.133. The first-order valence-corrected chi connectivity index (χ1v) is 10.7. The second-order valence-corrected chi connectivity index (χ2v) is 8.52. The van der Waals surface area contributed by atoms with Gasteiger partial charge in [-0.1, -0.05) is 41.9 Å². The molecule has 1 aliphatic carbocycles. The second-order valence-electron chi connectivity index (χ2n) is 8.52. The van der Waals surface area contributed by atoms with Crippen molar-refractivity contribution in [3.8, 4) is 0 Å². The lowest BCUT2D eigenvalue weighted by Gasteiger charge is -2.29. The molecule has 154 valence electrons. The Kier molecular flexibility index (Phi) is 4.99. The summed E-state index contributed by atoms with van der Waals surface area (Å²) in [6.45, 7) is 2.93. The van der Waals surface area contributed by atoms with E-state index in [4.69, 9.17) is 9.15 Å². The van der Waals surface area contributed by atoms with E-state index >= 15 is 0 Å². The van der Waals surface area contributed by atoms with Gasteiger partial charge < -0.3 is 19.0 Å². The van der Waals surface area contributed by atoms with Crippen LogP contribution in [0.5, 0.6) is 0 Å². The zero-order valence-electron chi connectivity index (χ0n) is 16.9. The number of ether oxygens (including phenoxy) is 1. The van der Waals surface area contributed by atoms with Crippen molar-refractivity contribution in [1.29, 1.82) is 0 Å². The molecule has 0 N–H and O–H groups in total. The minimum atomic E-state index is 0.0876. The topological polar surface area (TPSA) is 71.7 Å². The van der Waals surface area contributed by atoms with Crippen molar-refractivity contribution < 1.29 is 13.9 Å². The van der Waals surface area contributed by atoms with Gasteiger partial charge in [0, 0.05) is 44.5 Å². The number of methoxy groups -OCH3 is 1. The molecule has 29 heavy (non-hydrogen) atoms. The number of carbonyl (C=O) groups excluding carboxylic acids is 1. The van der Waals surface area contributed by atoms with E-state index < -0.39 is 0 Å². The van der Waals surface area contributed by atoms with Crippen LogP contribution in [0, 0.1) is 11.8 Å². The Morgan fingerprint density at radius 3 is 2.72 bits per heavy atom. The van der Waals surface area contributed by atoms with Crippen molar-refractivity contribution >= 4 is 11.9 Å². The Morgan fingerprint density at radius 2 is 2.00 bits per heavy atom. The van der Waals surface area contributed by atoms with Gasteiger partial charge in [-0.2, -0.15) is 0 Å². The van der Waals surface area contributed by atoms with Gasteiger partial charge in [0.1, 0.15) is 0 Å². The fourth-order valence-electron chi connectivity index (χ4n) is 5.04. The van der Waals surface area contributed by atoms with E-state index in [1.54, 1.807) is 7.11 Å². The van der Waals surface area contributed by atoms with Crippen molar-refractivity contribution in [2.24, 2.45) is 11.8 Å². The molecule has 1 saturated carbocycles. The van der Waals surface area contributed by atoms with Gasteiger partial charge in [-0.15, -0.1) is 5.10 Å². The molecule has 3 heterocycles. The summed E-state index contributed by atoms with van der Waals surface area (Å²) in [5, 5.41) is 8.63. The number of aromatic nitrogens is 2. The third kappa shape index (κ3) is 3.41. The summed E-state index contributed by atoms with van der Waals surface area (Å²) >= 11 is 0. The average Bonchev–Trinajstić information content (AvgIpc) is 3.39. The quantitative estimate of drug-likeness (QED) is 0.747. The molecule has 1 aromatic carbocycles. The number of hydrogen-bond acceptors (Lipinski definition) is 6. The van der Waals surface area contributed by atoms with Gasteiger partial charge in [-0.3, -0.25) is 4.79 Å². The summed E-state index contributed by atoms with van der Waals surface area (Å²) in [4.78, 5) is 17.2. The maximum absolute atomic E-state index is 12.9. The number of likely N-dealkylation sites (tertiary alicyclic amines) is 1. The van der Waals surface area contributed by atoms with Crippen LogP contribution in [0.15, 0.2) is 34.7 Å². The Balaban J connectivity index is 1.35. The second kappa shape index (κ2) is 7.78. The smallest absolute Gasteiger partial charge is 0.318 e. The molecule has 5 rings (SSSR count). The minimum Gasteiger partial charge on any atom is -0.408 e. The maximum Gasteiger partial charge on any atom is 0.318 e. The highest BCUT2D eigenvalue weighted by molar-refractivity contribution is 5.77. The SMILES string of the molecule is COCCC(=O)N1C[C@@H]2CN(c3nnc(C4CCC4)o3)C[C@@H]2[C@@H]1c1ccccc1.